The summed E-state index contributed by atoms with van der Waals surface area (Å²) < 4.78 is 58.7. The van der Waals surface area contributed by atoms with Crippen LogP contribution in [0.1, 0.15) is 11.1 Å². The molecule has 6 nitrogen and oxygen atoms in total. The summed E-state index contributed by atoms with van der Waals surface area (Å²) in [5.41, 5.74) is 3.70. The van der Waals surface area contributed by atoms with Gasteiger partial charge in [0.1, 0.15) is 22.7 Å². The molecule has 0 aliphatic carbocycles. The van der Waals surface area contributed by atoms with E-state index in [0.29, 0.717) is 33.4 Å². The molecule has 0 saturated heterocycles. The van der Waals surface area contributed by atoms with Gasteiger partial charge in [-0.05, 0) is 59.2 Å². The van der Waals surface area contributed by atoms with Crippen LogP contribution in [0.2, 0.25) is 0 Å². The number of nitrogens with zero attached hydrogens (tertiary/aromatic N) is 6. The molecule has 0 fully saturated rings. The third-order valence-corrected chi connectivity index (χ3v) is 8.46. The Morgan fingerprint density at radius 2 is 1.18 bits per heavy atom. The summed E-state index contributed by atoms with van der Waals surface area (Å²) in [6, 6.07) is 35.4. The largest absolute Gasteiger partial charge is 0.247 e. The van der Waals surface area contributed by atoms with Crippen LogP contribution in [0, 0.1) is 45.9 Å². The molecule has 8 aromatic rings. The number of rotatable bonds is 4. The Bertz CT molecular complexity index is 2680. The Morgan fingerprint density at radius 1 is 0.551 bits per heavy atom. The van der Waals surface area contributed by atoms with Crippen molar-refractivity contribution < 1.29 is 17.6 Å². The number of para-hydroxylation sites is 1. The summed E-state index contributed by atoms with van der Waals surface area (Å²) in [6.07, 6.45) is 0. The Hall–Kier alpha value is -6.91. The van der Waals surface area contributed by atoms with Gasteiger partial charge in [0, 0.05) is 21.7 Å². The van der Waals surface area contributed by atoms with Gasteiger partial charge in [0.05, 0.1) is 34.1 Å². The maximum Gasteiger partial charge on any atom is 0.180 e. The monoisotopic (exact) mass is 646 g/mol. The third-order valence-electron chi connectivity index (χ3n) is 8.46. The minimum atomic E-state index is -1.76. The van der Waals surface area contributed by atoms with E-state index >= 15 is 0 Å². The van der Waals surface area contributed by atoms with Crippen LogP contribution in [0.25, 0.3) is 71.9 Å². The van der Waals surface area contributed by atoms with Crippen LogP contribution >= 0.6 is 0 Å². The summed E-state index contributed by atoms with van der Waals surface area (Å²) >= 11 is 0. The van der Waals surface area contributed by atoms with Crippen LogP contribution in [0.5, 0.6) is 0 Å². The normalized spacial score (nSPS) is 11.2. The van der Waals surface area contributed by atoms with E-state index in [-0.39, 0.29) is 5.56 Å². The number of nitriles is 2. The molecule has 0 N–H and O–H groups in total. The van der Waals surface area contributed by atoms with Crippen LogP contribution in [-0.2, 0) is 0 Å². The molecule has 8 rings (SSSR count). The smallest absolute Gasteiger partial charge is 0.180 e. The quantitative estimate of drug-likeness (QED) is 0.108. The van der Waals surface area contributed by atoms with Gasteiger partial charge >= 0.3 is 0 Å². The highest BCUT2D eigenvalue weighted by Gasteiger charge is 2.26. The first kappa shape index (κ1) is 29.5. The molecular weight excluding hydrogens is 628 g/mol. The van der Waals surface area contributed by atoms with E-state index in [2.05, 4.69) is 6.07 Å². The lowest BCUT2D eigenvalue weighted by molar-refractivity contribution is 0.454. The molecule has 0 aliphatic heterocycles. The summed E-state index contributed by atoms with van der Waals surface area (Å²) in [7, 11) is 0. The minimum Gasteiger partial charge on any atom is -0.247 e. The number of fused-ring (bicyclic) bond motifs is 5. The van der Waals surface area contributed by atoms with Gasteiger partial charge in [0.25, 0.3) is 0 Å². The molecule has 0 unspecified atom stereocenters. The zero-order chi connectivity index (χ0) is 33.8. The SMILES string of the molecule is N#Cc1ccc(-c2ccc3c(c2)nc(-c2ccc(-c4c(F)c(F)c(C#N)c(F)c4F)cc2)c2ccc4nn(-c5ccccc5)nc4c23)cc1. The predicted molar refractivity (Wildman–Crippen MR) is 177 cm³/mol. The number of pyridine rings is 1. The van der Waals surface area contributed by atoms with E-state index in [9.17, 15) is 22.8 Å². The second-order valence-corrected chi connectivity index (χ2v) is 11.3. The van der Waals surface area contributed by atoms with Gasteiger partial charge in [-0.25, -0.2) is 22.5 Å². The summed E-state index contributed by atoms with van der Waals surface area (Å²) in [5, 5.41) is 30.1. The lowest BCUT2D eigenvalue weighted by Crippen LogP contribution is -2.03. The fourth-order valence-corrected chi connectivity index (χ4v) is 6.06. The van der Waals surface area contributed by atoms with Crippen LogP contribution < -0.4 is 0 Å². The predicted octanol–water partition coefficient (Wildman–Crippen LogP) is 9.42. The topological polar surface area (TPSA) is 91.2 Å². The maximum atomic E-state index is 14.9. The summed E-state index contributed by atoms with van der Waals surface area (Å²) in [5.74, 6) is -6.82. The standard InChI is InChI=1S/C39H18F4N6/c40-34-29(20-45)35(41)37(43)32(36(34)42)23-10-12-24(13-11-23)38-28-16-17-30-39(48-49(47-30)26-4-2-1-3-5-26)33(28)27-15-14-25(18-31(27)46-38)22-8-6-21(19-44)7-9-22/h1-18H. The third kappa shape index (κ3) is 4.74. The zero-order valence-electron chi connectivity index (χ0n) is 25.1. The first-order valence-corrected chi connectivity index (χ1v) is 14.9. The molecule has 0 spiro atoms. The van der Waals surface area contributed by atoms with Crippen molar-refractivity contribution in [1.29, 1.82) is 10.5 Å². The molecule has 0 atom stereocenters. The number of halogens is 4. The summed E-state index contributed by atoms with van der Waals surface area (Å²) in [4.78, 5) is 6.61. The van der Waals surface area contributed by atoms with E-state index in [1.807, 2.05) is 72.8 Å². The fraction of sp³-hybridized carbons (Fsp3) is 0. The average Bonchev–Trinajstić information content (AvgIpc) is 3.59. The van der Waals surface area contributed by atoms with Gasteiger partial charge < -0.3 is 0 Å². The first-order valence-electron chi connectivity index (χ1n) is 14.9. The maximum absolute atomic E-state index is 14.9. The van der Waals surface area contributed by atoms with Gasteiger partial charge in [-0.15, -0.1) is 10.2 Å². The Balaban J connectivity index is 1.35. The number of aromatic nitrogens is 4. The molecule has 232 valence electrons. The lowest BCUT2D eigenvalue weighted by atomic mass is 9.95. The Labute approximate surface area is 275 Å². The zero-order valence-corrected chi connectivity index (χ0v) is 25.1. The number of hydrogen-bond acceptors (Lipinski definition) is 5. The molecule has 0 aliphatic rings. The van der Waals surface area contributed by atoms with Crippen molar-refractivity contribution in [2.45, 2.75) is 0 Å². The molecule has 49 heavy (non-hydrogen) atoms. The summed E-state index contributed by atoms with van der Waals surface area (Å²) in [6.45, 7) is 0. The molecule has 2 heterocycles. The van der Waals surface area contributed by atoms with Crippen molar-refractivity contribution in [1.82, 2.24) is 20.0 Å². The second kappa shape index (κ2) is 11.4. The van der Waals surface area contributed by atoms with E-state index < -0.39 is 34.4 Å². The second-order valence-electron chi connectivity index (χ2n) is 11.3. The molecule has 2 aromatic heterocycles. The minimum absolute atomic E-state index is 0.123. The van der Waals surface area contributed by atoms with E-state index in [1.54, 1.807) is 29.1 Å². The van der Waals surface area contributed by atoms with E-state index in [4.69, 9.17) is 20.4 Å². The average molecular weight is 647 g/mol. The van der Waals surface area contributed by atoms with Crippen molar-refractivity contribution in [2.75, 3.05) is 0 Å². The van der Waals surface area contributed by atoms with Crippen molar-refractivity contribution >= 4 is 32.7 Å². The lowest BCUT2D eigenvalue weighted by Gasteiger charge is -2.13. The van der Waals surface area contributed by atoms with Gasteiger partial charge in [-0.1, -0.05) is 66.7 Å². The van der Waals surface area contributed by atoms with Crippen molar-refractivity contribution in [3.63, 3.8) is 0 Å². The number of benzene rings is 6. The molecule has 0 bridgehead atoms. The van der Waals surface area contributed by atoms with Crippen LogP contribution in [0.4, 0.5) is 17.6 Å². The molecule has 0 saturated carbocycles. The first-order chi connectivity index (χ1) is 23.9. The molecule has 6 aromatic carbocycles. The van der Waals surface area contributed by atoms with Crippen LogP contribution in [-0.4, -0.2) is 20.0 Å². The van der Waals surface area contributed by atoms with Crippen LogP contribution in [0.3, 0.4) is 0 Å². The number of hydrogen-bond donors (Lipinski definition) is 0. The van der Waals surface area contributed by atoms with Gasteiger partial charge in [-0.3, -0.25) is 0 Å². The molecule has 0 radical (unpaired) electrons. The Morgan fingerprint density at radius 3 is 1.86 bits per heavy atom. The van der Waals surface area contributed by atoms with Gasteiger partial charge in [-0.2, -0.15) is 15.3 Å². The van der Waals surface area contributed by atoms with E-state index in [0.717, 1.165) is 33.0 Å². The van der Waals surface area contributed by atoms with Gasteiger partial charge in [0.15, 0.2) is 23.3 Å². The molecule has 0 amide bonds. The fourth-order valence-electron chi connectivity index (χ4n) is 6.06. The molecule has 10 heteroatoms. The van der Waals surface area contributed by atoms with Crippen molar-refractivity contribution in [3.05, 3.63) is 144 Å². The highest BCUT2D eigenvalue weighted by molar-refractivity contribution is 6.21. The molecular formula is C39H18F4N6. The van der Waals surface area contributed by atoms with Crippen molar-refractivity contribution in [2.24, 2.45) is 0 Å². The Kier molecular flexibility index (Phi) is 6.86. The van der Waals surface area contributed by atoms with Gasteiger partial charge in [0.2, 0.25) is 0 Å². The van der Waals surface area contributed by atoms with Crippen LogP contribution in [0.15, 0.2) is 109 Å². The van der Waals surface area contributed by atoms with E-state index in [1.165, 1.54) is 18.2 Å². The van der Waals surface area contributed by atoms with Crippen molar-refractivity contribution in [3.8, 4) is 51.3 Å². The highest BCUT2D eigenvalue weighted by Crippen LogP contribution is 2.39. The highest BCUT2D eigenvalue weighted by atomic mass is 19.2.